The SMILES string of the molecule is CCN(C(=O)c1ccc(C)cc1Cl)C1COCC1C(=O)O. The van der Waals surface area contributed by atoms with Crippen molar-refractivity contribution < 1.29 is 19.4 Å². The molecule has 0 aromatic heterocycles. The zero-order chi connectivity index (χ0) is 15.6. The van der Waals surface area contributed by atoms with Gasteiger partial charge in [-0.1, -0.05) is 17.7 Å². The molecule has 2 rings (SSSR count). The van der Waals surface area contributed by atoms with Crippen LogP contribution >= 0.6 is 11.6 Å². The fourth-order valence-corrected chi connectivity index (χ4v) is 2.88. The van der Waals surface area contributed by atoms with Gasteiger partial charge in [-0.2, -0.15) is 0 Å². The quantitative estimate of drug-likeness (QED) is 0.926. The van der Waals surface area contributed by atoms with Crippen LogP contribution in [0.1, 0.15) is 22.8 Å². The summed E-state index contributed by atoms with van der Waals surface area (Å²) in [7, 11) is 0. The molecule has 6 heteroatoms. The molecule has 1 aliphatic heterocycles. The number of likely N-dealkylation sites (N-methyl/N-ethyl adjacent to an activating group) is 1. The number of halogens is 1. The van der Waals surface area contributed by atoms with Gasteiger partial charge in [0.2, 0.25) is 0 Å². The third-order valence-electron chi connectivity index (χ3n) is 3.72. The number of carbonyl (C=O) groups excluding carboxylic acids is 1. The summed E-state index contributed by atoms with van der Waals surface area (Å²) in [4.78, 5) is 25.4. The first-order valence-corrected chi connectivity index (χ1v) is 7.21. The first-order chi connectivity index (χ1) is 9.95. The number of rotatable bonds is 4. The highest BCUT2D eigenvalue weighted by molar-refractivity contribution is 6.33. The number of hydrogen-bond acceptors (Lipinski definition) is 3. The maximum Gasteiger partial charge on any atom is 0.311 e. The van der Waals surface area contributed by atoms with Gasteiger partial charge in [-0.15, -0.1) is 0 Å². The zero-order valence-corrected chi connectivity index (χ0v) is 12.8. The van der Waals surface area contributed by atoms with Crippen molar-refractivity contribution in [3.05, 3.63) is 34.3 Å². The Hall–Kier alpha value is -1.59. The lowest BCUT2D eigenvalue weighted by atomic mass is 10.0. The van der Waals surface area contributed by atoms with Crippen molar-refractivity contribution >= 4 is 23.5 Å². The summed E-state index contributed by atoms with van der Waals surface area (Å²) in [5, 5.41) is 9.61. The highest BCUT2D eigenvalue weighted by atomic mass is 35.5. The Kier molecular flexibility index (Phi) is 4.85. The molecule has 1 fully saturated rings. The third kappa shape index (κ3) is 3.19. The molecule has 1 aliphatic rings. The van der Waals surface area contributed by atoms with E-state index >= 15 is 0 Å². The average Bonchev–Trinajstić information content (AvgIpc) is 2.88. The fraction of sp³-hybridized carbons (Fsp3) is 0.467. The van der Waals surface area contributed by atoms with E-state index in [0.29, 0.717) is 17.1 Å². The lowest BCUT2D eigenvalue weighted by Gasteiger charge is -2.29. The molecule has 5 nitrogen and oxygen atoms in total. The number of aryl methyl sites for hydroxylation is 1. The summed E-state index contributed by atoms with van der Waals surface area (Å²) in [6.45, 7) is 4.48. The van der Waals surface area contributed by atoms with Crippen LogP contribution in [0.2, 0.25) is 5.02 Å². The lowest BCUT2D eigenvalue weighted by molar-refractivity contribution is -0.142. The number of ether oxygens (including phenoxy) is 1. The van der Waals surface area contributed by atoms with Crippen LogP contribution in [0.25, 0.3) is 0 Å². The van der Waals surface area contributed by atoms with Crippen molar-refractivity contribution in [3.8, 4) is 0 Å². The van der Waals surface area contributed by atoms with Crippen LogP contribution in [0.5, 0.6) is 0 Å². The van der Waals surface area contributed by atoms with Crippen LogP contribution < -0.4 is 0 Å². The van der Waals surface area contributed by atoms with Gasteiger partial charge < -0.3 is 14.7 Å². The molecule has 1 heterocycles. The van der Waals surface area contributed by atoms with Gasteiger partial charge in [-0.25, -0.2) is 0 Å². The van der Waals surface area contributed by atoms with E-state index in [9.17, 15) is 14.7 Å². The van der Waals surface area contributed by atoms with Gasteiger partial charge in [-0.05, 0) is 31.5 Å². The van der Waals surface area contributed by atoms with E-state index in [1.165, 1.54) is 4.90 Å². The molecule has 114 valence electrons. The molecule has 0 bridgehead atoms. The summed E-state index contributed by atoms with van der Waals surface area (Å²) < 4.78 is 5.24. The Bertz CT molecular complexity index is 561. The maximum absolute atomic E-state index is 12.7. The van der Waals surface area contributed by atoms with Crippen LogP contribution in [-0.4, -0.2) is 47.7 Å². The molecule has 2 atom stereocenters. The number of carboxylic acid groups (broad SMARTS) is 1. The van der Waals surface area contributed by atoms with Gasteiger partial charge in [0.25, 0.3) is 5.91 Å². The van der Waals surface area contributed by atoms with Gasteiger partial charge >= 0.3 is 5.97 Å². The van der Waals surface area contributed by atoms with Gasteiger partial charge in [-0.3, -0.25) is 9.59 Å². The van der Waals surface area contributed by atoms with Crippen molar-refractivity contribution in [2.24, 2.45) is 5.92 Å². The second-order valence-electron chi connectivity index (χ2n) is 5.12. The van der Waals surface area contributed by atoms with Crippen molar-refractivity contribution in [3.63, 3.8) is 0 Å². The van der Waals surface area contributed by atoms with Gasteiger partial charge in [0.05, 0.1) is 29.8 Å². The van der Waals surface area contributed by atoms with E-state index in [4.69, 9.17) is 16.3 Å². The largest absolute Gasteiger partial charge is 0.481 e. The standard InChI is InChI=1S/C15H18ClNO4/c1-3-17(13-8-21-7-11(13)15(19)20)14(18)10-5-4-9(2)6-12(10)16/h4-6,11,13H,3,7-8H2,1-2H3,(H,19,20). The van der Waals surface area contributed by atoms with E-state index < -0.39 is 17.9 Å². The molecule has 1 N–H and O–H groups in total. The first kappa shape index (κ1) is 15.8. The van der Waals surface area contributed by atoms with Gasteiger partial charge in [0, 0.05) is 6.54 Å². The third-order valence-corrected chi connectivity index (χ3v) is 4.04. The lowest BCUT2D eigenvalue weighted by Crippen LogP contribution is -2.46. The Labute approximate surface area is 128 Å². The van der Waals surface area contributed by atoms with E-state index in [1.54, 1.807) is 12.1 Å². The molecule has 0 aliphatic carbocycles. The average molecular weight is 312 g/mol. The van der Waals surface area contributed by atoms with E-state index in [-0.39, 0.29) is 19.1 Å². The second-order valence-corrected chi connectivity index (χ2v) is 5.53. The smallest absolute Gasteiger partial charge is 0.311 e. The Morgan fingerprint density at radius 1 is 1.43 bits per heavy atom. The minimum absolute atomic E-state index is 0.130. The topological polar surface area (TPSA) is 66.8 Å². The fourth-order valence-electron chi connectivity index (χ4n) is 2.56. The number of aliphatic carboxylic acids is 1. The molecular formula is C15H18ClNO4. The molecule has 1 aromatic carbocycles. The van der Waals surface area contributed by atoms with E-state index in [1.807, 2.05) is 19.9 Å². The van der Waals surface area contributed by atoms with Crippen LogP contribution in [0.15, 0.2) is 18.2 Å². The second kappa shape index (κ2) is 6.45. The molecule has 0 spiro atoms. The number of nitrogens with zero attached hydrogens (tertiary/aromatic N) is 1. The van der Waals surface area contributed by atoms with Crippen molar-refractivity contribution in [1.82, 2.24) is 4.90 Å². The van der Waals surface area contributed by atoms with Crippen LogP contribution in [0, 0.1) is 12.8 Å². The molecule has 1 amide bonds. The zero-order valence-electron chi connectivity index (χ0n) is 12.0. The Morgan fingerprint density at radius 3 is 2.71 bits per heavy atom. The molecule has 0 saturated carbocycles. The van der Waals surface area contributed by atoms with E-state index in [0.717, 1.165) is 5.56 Å². The number of benzene rings is 1. The molecule has 2 unspecified atom stereocenters. The number of carboxylic acids is 1. The van der Waals surface area contributed by atoms with Gasteiger partial charge in [0.15, 0.2) is 0 Å². The summed E-state index contributed by atoms with van der Waals surface area (Å²) in [5.41, 5.74) is 1.35. The minimum atomic E-state index is -0.946. The Morgan fingerprint density at radius 2 is 2.14 bits per heavy atom. The first-order valence-electron chi connectivity index (χ1n) is 6.83. The molecule has 21 heavy (non-hydrogen) atoms. The monoisotopic (exact) mass is 311 g/mol. The van der Waals surface area contributed by atoms with Crippen molar-refractivity contribution in [2.75, 3.05) is 19.8 Å². The summed E-state index contributed by atoms with van der Waals surface area (Å²) in [5.74, 6) is -1.90. The van der Waals surface area contributed by atoms with Crippen LogP contribution in [0.3, 0.4) is 0 Å². The summed E-state index contributed by atoms with van der Waals surface area (Å²) >= 11 is 6.14. The minimum Gasteiger partial charge on any atom is -0.481 e. The number of hydrogen-bond donors (Lipinski definition) is 1. The summed E-state index contributed by atoms with van der Waals surface area (Å²) in [6, 6.07) is 4.75. The predicted octanol–water partition coefficient (Wildman–Crippen LogP) is 2.21. The van der Waals surface area contributed by atoms with Crippen LogP contribution in [-0.2, 0) is 9.53 Å². The van der Waals surface area contributed by atoms with Crippen molar-refractivity contribution in [2.45, 2.75) is 19.9 Å². The van der Waals surface area contributed by atoms with Crippen LogP contribution in [0.4, 0.5) is 0 Å². The molecule has 0 radical (unpaired) electrons. The predicted molar refractivity (Wildman–Crippen MR) is 78.6 cm³/mol. The van der Waals surface area contributed by atoms with Crippen molar-refractivity contribution in [1.29, 1.82) is 0 Å². The van der Waals surface area contributed by atoms with E-state index in [2.05, 4.69) is 0 Å². The molecule has 1 aromatic rings. The summed E-state index contributed by atoms with van der Waals surface area (Å²) in [6.07, 6.45) is 0. The molecular weight excluding hydrogens is 294 g/mol. The maximum atomic E-state index is 12.7. The van der Waals surface area contributed by atoms with Gasteiger partial charge in [0.1, 0.15) is 5.92 Å². The normalized spacial score (nSPS) is 21.3. The number of amides is 1. The Balaban J connectivity index is 2.28. The highest BCUT2D eigenvalue weighted by Crippen LogP contribution is 2.25. The number of carbonyl (C=O) groups is 2. The highest BCUT2D eigenvalue weighted by Gasteiger charge is 2.39. The molecule has 1 saturated heterocycles.